The fourth-order valence-electron chi connectivity index (χ4n) is 4.45. The molecule has 0 saturated carbocycles. The van der Waals surface area contributed by atoms with E-state index in [1.165, 1.54) is 0 Å². The van der Waals surface area contributed by atoms with E-state index in [-0.39, 0.29) is 10.8 Å². The van der Waals surface area contributed by atoms with Crippen molar-refractivity contribution in [2.24, 2.45) is 5.92 Å². The van der Waals surface area contributed by atoms with Crippen LogP contribution in [0.1, 0.15) is 65.5 Å². The quantitative estimate of drug-likeness (QED) is 0.279. The third kappa shape index (κ3) is 2.97. The Hall–Kier alpha value is -2.62. The largest absolute Gasteiger partial charge is 0.398 e. The van der Waals surface area contributed by atoms with Crippen LogP contribution in [0.2, 0.25) is 0 Å². The molecule has 1 unspecified atom stereocenters. The monoisotopic (exact) mass is 392 g/mol. The second kappa shape index (κ2) is 7.01. The molecule has 29 heavy (non-hydrogen) atoms. The van der Waals surface area contributed by atoms with Gasteiger partial charge in [-0.1, -0.05) is 47.6 Å². The maximum absolute atomic E-state index is 6.61. The van der Waals surface area contributed by atoms with Gasteiger partial charge in [0.25, 0.3) is 0 Å². The van der Waals surface area contributed by atoms with Crippen molar-refractivity contribution in [2.75, 3.05) is 17.3 Å². The zero-order valence-corrected chi connectivity index (χ0v) is 18.8. The van der Waals surface area contributed by atoms with Gasteiger partial charge in [0.05, 0.1) is 11.0 Å². The summed E-state index contributed by atoms with van der Waals surface area (Å²) in [6.45, 7) is 17.3. The summed E-state index contributed by atoms with van der Waals surface area (Å²) in [5.74, 6) is 6.96. The second-order valence-electron chi connectivity index (χ2n) is 9.19. The highest BCUT2D eigenvalue weighted by Gasteiger charge is 2.31. The van der Waals surface area contributed by atoms with Gasteiger partial charge in [-0.05, 0) is 59.6 Å². The fraction of sp³-hybridized carbons (Fsp3) is 0.440. The van der Waals surface area contributed by atoms with Crippen LogP contribution in [0.4, 0.5) is 11.4 Å². The summed E-state index contributed by atoms with van der Waals surface area (Å²) in [7, 11) is 0. The van der Waals surface area contributed by atoms with Crippen molar-refractivity contribution in [3.8, 4) is 0 Å². The molecule has 0 aliphatic carbocycles. The summed E-state index contributed by atoms with van der Waals surface area (Å²) in [4.78, 5) is 0. The summed E-state index contributed by atoms with van der Waals surface area (Å²) >= 11 is 0. The molecule has 0 saturated heterocycles. The zero-order chi connectivity index (χ0) is 21.7. The molecule has 0 bridgehead atoms. The summed E-state index contributed by atoms with van der Waals surface area (Å²) < 4.78 is 1.78. The van der Waals surface area contributed by atoms with E-state index >= 15 is 0 Å². The van der Waals surface area contributed by atoms with E-state index in [1.807, 2.05) is 12.1 Å². The molecule has 3 rings (SSSR count). The van der Waals surface area contributed by atoms with Crippen LogP contribution in [-0.2, 0) is 10.8 Å². The van der Waals surface area contributed by atoms with Crippen LogP contribution < -0.4 is 17.3 Å². The molecule has 4 heteroatoms. The lowest BCUT2D eigenvalue weighted by Crippen LogP contribution is -2.27. The Morgan fingerprint density at radius 2 is 1.38 bits per heavy atom. The molecule has 2 aromatic carbocycles. The van der Waals surface area contributed by atoms with Crippen molar-refractivity contribution in [1.82, 2.24) is 4.68 Å². The van der Waals surface area contributed by atoms with Crippen molar-refractivity contribution >= 4 is 33.2 Å². The number of anilines is 2. The van der Waals surface area contributed by atoms with Crippen LogP contribution in [0, 0.1) is 5.92 Å². The van der Waals surface area contributed by atoms with E-state index in [1.54, 1.807) is 4.68 Å². The van der Waals surface area contributed by atoms with Crippen LogP contribution >= 0.6 is 0 Å². The fourth-order valence-corrected chi connectivity index (χ4v) is 4.45. The van der Waals surface area contributed by atoms with Crippen molar-refractivity contribution in [3.63, 3.8) is 0 Å². The minimum Gasteiger partial charge on any atom is -0.398 e. The number of hydrogen-bond donors (Lipinski definition) is 3. The predicted octanol–water partition coefficient (Wildman–Crippen LogP) is 5.85. The number of benzene rings is 2. The Kier molecular flexibility index (Phi) is 5.10. The van der Waals surface area contributed by atoms with Crippen molar-refractivity contribution in [3.05, 3.63) is 48.0 Å². The summed E-state index contributed by atoms with van der Waals surface area (Å²) in [5, 5.41) is 2.08. The molecule has 0 spiro atoms. The van der Waals surface area contributed by atoms with Crippen LogP contribution in [-0.4, -0.2) is 4.68 Å². The molecule has 0 aliphatic rings. The van der Waals surface area contributed by atoms with Crippen LogP contribution in [0.15, 0.2) is 36.9 Å². The third-order valence-corrected chi connectivity index (χ3v) is 7.56. The highest BCUT2D eigenvalue weighted by molar-refractivity contribution is 6.11. The van der Waals surface area contributed by atoms with E-state index in [4.69, 9.17) is 17.3 Å². The van der Waals surface area contributed by atoms with Crippen LogP contribution in [0.25, 0.3) is 21.8 Å². The van der Waals surface area contributed by atoms with Crippen LogP contribution in [0.5, 0.6) is 0 Å². The number of fused-ring (bicyclic) bond motifs is 3. The number of nitrogens with two attached hydrogens (primary N) is 3. The van der Waals surface area contributed by atoms with E-state index in [0.29, 0.717) is 5.92 Å². The lowest BCUT2D eigenvalue weighted by atomic mass is 9.72. The molecule has 0 aliphatic heterocycles. The van der Waals surface area contributed by atoms with E-state index in [9.17, 15) is 0 Å². The van der Waals surface area contributed by atoms with Crippen molar-refractivity contribution in [1.29, 1.82) is 0 Å². The molecular formula is C25H36N4. The van der Waals surface area contributed by atoms with Gasteiger partial charge in [0, 0.05) is 27.6 Å². The number of nitrogen functional groups attached to an aromatic ring is 3. The summed E-state index contributed by atoms with van der Waals surface area (Å²) in [6.07, 6.45) is 4.03. The minimum atomic E-state index is -0.234. The molecule has 0 radical (unpaired) electrons. The maximum Gasteiger partial charge on any atom is 0.0708 e. The predicted molar refractivity (Wildman–Crippen MR) is 129 cm³/mol. The van der Waals surface area contributed by atoms with Gasteiger partial charge in [0.1, 0.15) is 0 Å². The van der Waals surface area contributed by atoms with Crippen molar-refractivity contribution < 1.29 is 0 Å². The van der Waals surface area contributed by atoms with Gasteiger partial charge in [-0.3, -0.25) is 4.68 Å². The Labute approximate surface area is 174 Å². The molecule has 0 fully saturated rings. The van der Waals surface area contributed by atoms with Gasteiger partial charge < -0.3 is 17.3 Å². The zero-order valence-electron chi connectivity index (χ0n) is 18.8. The molecule has 1 heterocycles. The van der Waals surface area contributed by atoms with Gasteiger partial charge >= 0.3 is 0 Å². The first-order chi connectivity index (χ1) is 13.5. The number of rotatable bonds is 6. The average molecular weight is 393 g/mol. The molecule has 6 N–H and O–H groups in total. The first kappa shape index (κ1) is 21.1. The lowest BCUT2D eigenvalue weighted by Gasteiger charge is -2.32. The number of aromatic nitrogens is 1. The SMILES string of the molecule is C=CC(C)(c1cc2c(cc1N)c1cc(N)c(C(C)(CC)CC)cc1n2N)C(C)C. The molecule has 156 valence electrons. The normalized spacial score (nSPS) is 14.6. The molecule has 4 nitrogen and oxygen atoms in total. The van der Waals surface area contributed by atoms with E-state index < -0.39 is 0 Å². The Balaban J connectivity index is 2.38. The Bertz CT molecular complexity index is 1090. The van der Waals surface area contributed by atoms with Gasteiger partial charge in [-0.2, -0.15) is 0 Å². The van der Waals surface area contributed by atoms with Gasteiger partial charge in [-0.15, -0.1) is 6.58 Å². The standard InChI is InChI=1S/C25H36N4/c1-8-24(6,9-2)18-13-22-16(11-20(18)26)17-12-21(27)19(14-23(17)29(22)28)25(7,10-3)15(4)5/h10-15H,3,8-9,26-28H2,1-2,4-7H3. The van der Waals surface area contributed by atoms with Crippen molar-refractivity contribution in [2.45, 2.75) is 65.2 Å². The third-order valence-electron chi connectivity index (χ3n) is 7.56. The highest BCUT2D eigenvalue weighted by atomic mass is 15.3. The van der Waals surface area contributed by atoms with Crippen LogP contribution in [0.3, 0.4) is 0 Å². The second-order valence-corrected chi connectivity index (χ2v) is 9.19. The van der Waals surface area contributed by atoms with E-state index in [0.717, 1.165) is 57.1 Å². The van der Waals surface area contributed by atoms with E-state index in [2.05, 4.69) is 66.3 Å². The molecule has 1 aromatic heterocycles. The average Bonchev–Trinajstić information content (AvgIpc) is 2.96. The Morgan fingerprint density at radius 3 is 1.79 bits per heavy atom. The van der Waals surface area contributed by atoms with Gasteiger partial charge in [-0.25, -0.2) is 0 Å². The number of hydrogen-bond acceptors (Lipinski definition) is 3. The smallest absolute Gasteiger partial charge is 0.0708 e. The highest BCUT2D eigenvalue weighted by Crippen LogP contribution is 2.43. The molecule has 3 aromatic rings. The minimum absolute atomic E-state index is 0.0258. The van der Waals surface area contributed by atoms with Gasteiger partial charge in [0.2, 0.25) is 0 Å². The molecule has 0 amide bonds. The molecular weight excluding hydrogens is 356 g/mol. The molecule has 1 atom stereocenters. The first-order valence-electron chi connectivity index (χ1n) is 10.6. The lowest BCUT2D eigenvalue weighted by molar-refractivity contribution is 0.422. The summed E-state index contributed by atoms with van der Waals surface area (Å²) in [6, 6.07) is 8.40. The topological polar surface area (TPSA) is 83.0 Å². The summed E-state index contributed by atoms with van der Waals surface area (Å²) in [5.41, 5.74) is 18.6. The first-order valence-corrected chi connectivity index (χ1v) is 10.6. The number of allylic oxidation sites excluding steroid dienone is 1. The maximum atomic E-state index is 6.61. The van der Waals surface area contributed by atoms with Gasteiger partial charge in [0.15, 0.2) is 0 Å². The Morgan fingerprint density at radius 1 is 0.931 bits per heavy atom. The number of nitrogens with zero attached hydrogens (tertiary/aromatic N) is 1.